The third-order valence-corrected chi connectivity index (χ3v) is 5.94. The Morgan fingerprint density at radius 3 is 2.45 bits per heavy atom. The molecule has 4 aromatic rings. The molecule has 0 bridgehead atoms. The minimum absolute atomic E-state index is 0.00140. The maximum Gasteiger partial charge on any atom is 0.235 e. The molecule has 0 unspecified atom stereocenters. The minimum atomic E-state index is -0.582. The SMILES string of the molecule is O=C(Nc1ccc(Nc2cc(-n3ccnc3)ncn2)cc1)C1(c2ccccc2)CCOCC1. The monoisotopic (exact) mass is 440 g/mol. The van der Waals surface area contributed by atoms with Crippen LogP contribution in [0.5, 0.6) is 0 Å². The van der Waals surface area contributed by atoms with E-state index >= 15 is 0 Å². The summed E-state index contributed by atoms with van der Waals surface area (Å²) in [5, 5.41) is 6.38. The van der Waals surface area contributed by atoms with E-state index in [2.05, 4.69) is 25.6 Å². The number of imidazole rings is 1. The van der Waals surface area contributed by atoms with Gasteiger partial charge in [-0.15, -0.1) is 0 Å². The van der Waals surface area contributed by atoms with Crippen LogP contribution in [0.2, 0.25) is 0 Å². The Morgan fingerprint density at radius 1 is 0.970 bits per heavy atom. The van der Waals surface area contributed by atoms with E-state index in [1.165, 1.54) is 6.33 Å². The topological polar surface area (TPSA) is 94.0 Å². The number of hydrogen-bond acceptors (Lipinski definition) is 6. The Morgan fingerprint density at radius 2 is 1.73 bits per heavy atom. The average Bonchev–Trinajstić information content (AvgIpc) is 3.42. The van der Waals surface area contributed by atoms with Crippen molar-refractivity contribution in [2.45, 2.75) is 18.3 Å². The lowest BCUT2D eigenvalue weighted by molar-refractivity contribution is -0.125. The second-order valence-electron chi connectivity index (χ2n) is 7.95. The molecule has 33 heavy (non-hydrogen) atoms. The molecule has 166 valence electrons. The fraction of sp³-hybridized carbons (Fsp3) is 0.200. The first-order chi connectivity index (χ1) is 16.2. The number of nitrogens with one attached hydrogen (secondary N) is 2. The molecule has 2 aromatic carbocycles. The number of aromatic nitrogens is 4. The quantitative estimate of drug-likeness (QED) is 0.469. The number of amides is 1. The van der Waals surface area contributed by atoms with E-state index in [1.54, 1.807) is 12.5 Å². The van der Waals surface area contributed by atoms with E-state index in [4.69, 9.17) is 4.74 Å². The van der Waals surface area contributed by atoms with Crippen molar-refractivity contribution < 1.29 is 9.53 Å². The second-order valence-corrected chi connectivity index (χ2v) is 7.95. The Bertz CT molecular complexity index is 1200. The molecule has 2 aromatic heterocycles. The van der Waals surface area contributed by atoms with Crippen LogP contribution in [0.1, 0.15) is 18.4 Å². The summed E-state index contributed by atoms with van der Waals surface area (Å²) in [7, 11) is 0. The Hall–Kier alpha value is -4.04. The molecule has 8 nitrogen and oxygen atoms in total. The van der Waals surface area contributed by atoms with Crippen LogP contribution in [0.25, 0.3) is 5.82 Å². The Labute approximate surface area is 191 Å². The van der Waals surface area contributed by atoms with Gasteiger partial charge in [0.2, 0.25) is 5.91 Å². The normalized spacial score (nSPS) is 15.0. The van der Waals surface area contributed by atoms with Crippen LogP contribution in [-0.4, -0.2) is 38.6 Å². The summed E-state index contributed by atoms with van der Waals surface area (Å²) in [4.78, 5) is 26.0. The minimum Gasteiger partial charge on any atom is -0.381 e. The van der Waals surface area contributed by atoms with Gasteiger partial charge in [-0.2, -0.15) is 0 Å². The van der Waals surface area contributed by atoms with Gasteiger partial charge in [0.1, 0.15) is 24.3 Å². The van der Waals surface area contributed by atoms with Gasteiger partial charge in [-0.25, -0.2) is 15.0 Å². The lowest BCUT2D eigenvalue weighted by Gasteiger charge is -2.36. The van der Waals surface area contributed by atoms with Crippen molar-refractivity contribution in [3.8, 4) is 5.82 Å². The number of rotatable bonds is 6. The van der Waals surface area contributed by atoms with Gasteiger partial charge in [-0.05, 0) is 42.7 Å². The molecule has 0 aliphatic carbocycles. The number of carbonyl (C=O) groups excluding carboxylic acids is 1. The first kappa shape index (κ1) is 20.8. The summed E-state index contributed by atoms with van der Waals surface area (Å²) in [6.45, 7) is 1.15. The third-order valence-electron chi connectivity index (χ3n) is 5.94. The zero-order valence-corrected chi connectivity index (χ0v) is 18.0. The molecule has 1 fully saturated rings. The second kappa shape index (κ2) is 9.22. The molecule has 1 aliphatic heterocycles. The molecule has 1 aliphatic rings. The van der Waals surface area contributed by atoms with Gasteiger partial charge in [0.05, 0.1) is 5.41 Å². The average molecular weight is 441 g/mol. The van der Waals surface area contributed by atoms with Crippen molar-refractivity contribution in [1.29, 1.82) is 0 Å². The third kappa shape index (κ3) is 4.47. The highest BCUT2D eigenvalue weighted by atomic mass is 16.5. The lowest BCUT2D eigenvalue weighted by atomic mass is 9.73. The lowest BCUT2D eigenvalue weighted by Crippen LogP contribution is -2.44. The van der Waals surface area contributed by atoms with Crippen molar-refractivity contribution in [3.05, 3.63) is 91.3 Å². The Balaban J connectivity index is 1.30. The molecule has 5 rings (SSSR count). The number of nitrogens with zero attached hydrogens (tertiary/aromatic N) is 4. The first-order valence-electron chi connectivity index (χ1n) is 10.9. The van der Waals surface area contributed by atoms with Gasteiger partial charge in [0.15, 0.2) is 0 Å². The van der Waals surface area contributed by atoms with E-state index in [0.717, 1.165) is 22.8 Å². The smallest absolute Gasteiger partial charge is 0.235 e. The molecule has 3 heterocycles. The van der Waals surface area contributed by atoms with Crippen LogP contribution >= 0.6 is 0 Å². The van der Waals surface area contributed by atoms with Gasteiger partial charge in [-0.3, -0.25) is 9.36 Å². The predicted molar refractivity (Wildman–Crippen MR) is 126 cm³/mol. The molecule has 2 N–H and O–H groups in total. The zero-order chi connectivity index (χ0) is 22.5. The van der Waals surface area contributed by atoms with Gasteiger partial charge >= 0.3 is 0 Å². The highest BCUT2D eigenvalue weighted by Gasteiger charge is 2.41. The molecule has 0 radical (unpaired) electrons. The molecular formula is C25H24N6O2. The maximum absolute atomic E-state index is 13.4. The van der Waals surface area contributed by atoms with Crippen LogP contribution < -0.4 is 10.6 Å². The zero-order valence-electron chi connectivity index (χ0n) is 18.0. The van der Waals surface area contributed by atoms with Gasteiger partial charge in [0, 0.05) is 43.0 Å². The fourth-order valence-electron chi connectivity index (χ4n) is 4.11. The fourth-order valence-corrected chi connectivity index (χ4v) is 4.11. The van der Waals surface area contributed by atoms with Crippen LogP contribution in [0, 0.1) is 0 Å². The van der Waals surface area contributed by atoms with Crippen molar-refractivity contribution in [2.75, 3.05) is 23.8 Å². The van der Waals surface area contributed by atoms with E-state index < -0.39 is 5.41 Å². The number of hydrogen-bond donors (Lipinski definition) is 2. The van der Waals surface area contributed by atoms with Gasteiger partial charge < -0.3 is 15.4 Å². The van der Waals surface area contributed by atoms with Crippen LogP contribution in [-0.2, 0) is 14.9 Å². The summed E-state index contributed by atoms with van der Waals surface area (Å²) >= 11 is 0. The highest BCUT2D eigenvalue weighted by Crippen LogP contribution is 2.36. The maximum atomic E-state index is 13.4. The largest absolute Gasteiger partial charge is 0.381 e. The summed E-state index contributed by atoms with van der Waals surface area (Å²) in [5.41, 5.74) is 2.05. The van der Waals surface area contributed by atoms with Crippen LogP contribution in [0.15, 0.2) is 85.7 Å². The summed E-state index contributed by atoms with van der Waals surface area (Å²) in [6, 6.07) is 19.4. The van der Waals surface area contributed by atoms with Crippen LogP contribution in [0.4, 0.5) is 17.2 Å². The van der Waals surface area contributed by atoms with Crippen molar-refractivity contribution in [1.82, 2.24) is 19.5 Å². The summed E-state index contributed by atoms with van der Waals surface area (Å²) in [6.07, 6.45) is 8.03. The predicted octanol–water partition coefficient (Wildman–Crippen LogP) is 4.09. The van der Waals surface area contributed by atoms with Gasteiger partial charge in [-0.1, -0.05) is 30.3 Å². The Kier molecular flexibility index (Phi) is 5.82. The number of benzene rings is 2. The van der Waals surface area contributed by atoms with Crippen molar-refractivity contribution in [2.24, 2.45) is 0 Å². The van der Waals surface area contributed by atoms with E-state index in [0.29, 0.717) is 31.9 Å². The highest BCUT2D eigenvalue weighted by molar-refractivity contribution is 5.99. The van der Waals surface area contributed by atoms with E-state index in [-0.39, 0.29) is 5.91 Å². The first-order valence-corrected chi connectivity index (χ1v) is 10.9. The molecule has 8 heteroatoms. The number of anilines is 3. The number of carbonyl (C=O) groups is 1. The molecule has 0 saturated carbocycles. The standard InChI is InChI=1S/C25H24N6O2/c32-24(25(10-14-33-15-11-25)19-4-2-1-3-5-19)30-21-8-6-20(7-9-21)29-22-16-23(28-17-27-22)31-13-12-26-18-31/h1-9,12-13,16-18H,10-11,14-15H2,(H,30,32)(H,27,28,29). The summed E-state index contributed by atoms with van der Waals surface area (Å²) in [5.74, 6) is 1.38. The van der Waals surface area contributed by atoms with Gasteiger partial charge in [0.25, 0.3) is 0 Å². The molecule has 1 saturated heterocycles. The van der Waals surface area contributed by atoms with E-state index in [1.807, 2.05) is 71.4 Å². The summed E-state index contributed by atoms with van der Waals surface area (Å²) < 4.78 is 7.36. The number of ether oxygens (including phenoxy) is 1. The molecule has 1 amide bonds. The van der Waals surface area contributed by atoms with Crippen LogP contribution in [0.3, 0.4) is 0 Å². The van der Waals surface area contributed by atoms with E-state index in [9.17, 15) is 4.79 Å². The van der Waals surface area contributed by atoms with Crippen molar-refractivity contribution in [3.63, 3.8) is 0 Å². The van der Waals surface area contributed by atoms with Crippen molar-refractivity contribution >= 4 is 23.1 Å². The molecule has 0 spiro atoms. The molecular weight excluding hydrogens is 416 g/mol. The molecule has 0 atom stereocenters.